The lowest BCUT2D eigenvalue weighted by atomic mass is 10.4. The highest BCUT2D eigenvalue weighted by molar-refractivity contribution is 6.31. The third-order valence-electron chi connectivity index (χ3n) is 2.67. The average Bonchev–Trinajstić information content (AvgIpc) is 2.94. The second-order valence-electron chi connectivity index (χ2n) is 3.95. The lowest BCUT2D eigenvalue weighted by Gasteiger charge is -2.05. The van der Waals surface area contributed by atoms with Gasteiger partial charge in [-0.2, -0.15) is 5.10 Å². The number of halogens is 1. The van der Waals surface area contributed by atoms with Crippen LogP contribution in [0.2, 0.25) is 5.02 Å². The molecule has 1 aromatic heterocycles. The molecule has 0 amide bonds. The lowest BCUT2D eigenvalue weighted by Crippen LogP contribution is -2.22. The molecule has 14 heavy (non-hydrogen) atoms. The van der Waals surface area contributed by atoms with Gasteiger partial charge in [0.2, 0.25) is 0 Å². The second kappa shape index (κ2) is 4.32. The molecule has 1 saturated carbocycles. The molecular formula is C10H16ClN3. The van der Waals surface area contributed by atoms with Crippen molar-refractivity contribution < 1.29 is 0 Å². The van der Waals surface area contributed by atoms with Crippen molar-refractivity contribution >= 4 is 11.6 Å². The smallest absolute Gasteiger partial charge is 0.0814 e. The Morgan fingerprint density at radius 3 is 3.00 bits per heavy atom. The van der Waals surface area contributed by atoms with Gasteiger partial charge >= 0.3 is 0 Å². The highest BCUT2D eigenvalue weighted by atomic mass is 35.5. The van der Waals surface area contributed by atoms with E-state index in [1.807, 2.05) is 11.6 Å². The van der Waals surface area contributed by atoms with Crippen LogP contribution in [0.3, 0.4) is 0 Å². The molecule has 78 valence electrons. The molecular weight excluding hydrogens is 198 g/mol. The molecule has 1 aliphatic carbocycles. The van der Waals surface area contributed by atoms with Gasteiger partial charge in [-0.25, -0.2) is 0 Å². The molecule has 0 saturated heterocycles. The van der Waals surface area contributed by atoms with Crippen LogP contribution in [0.5, 0.6) is 0 Å². The maximum atomic E-state index is 5.90. The van der Waals surface area contributed by atoms with Crippen molar-refractivity contribution in [2.45, 2.75) is 26.3 Å². The molecule has 1 aromatic rings. The Bertz CT molecular complexity index is 304. The second-order valence-corrected chi connectivity index (χ2v) is 4.36. The fourth-order valence-corrected chi connectivity index (χ4v) is 1.60. The molecule has 0 aromatic carbocycles. The van der Waals surface area contributed by atoms with E-state index in [0.717, 1.165) is 36.3 Å². The Morgan fingerprint density at radius 1 is 1.64 bits per heavy atom. The number of hydrogen-bond acceptors (Lipinski definition) is 2. The van der Waals surface area contributed by atoms with Crippen LogP contribution in [0.4, 0.5) is 0 Å². The van der Waals surface area contributed by atoms with Crippen molar-refractivity contribution in [3.8, 4) is 0 Å². The Hall–Kier alpha value is -0.540. The van der Waals surface area contributed by atoms with Crippen molar-refractivity contribution in [2.75, 3.05) is 13.1 Å². The van der Waals surface area contributed by atoms with Crippen molar-refractivity contribution in [3.63, 3.8) is 0 Å². The first-order valence-electron chi connectivity index (χ1n) is 5.16. The summed E-state index contributed by atoms with van der Waals surface area (Å²) in [6, 6.07) is 0. The monoisotopic (exact) mass is 213 g/mol. The van der Waals surface area contributed by atoms with E-state index in [4.69, 9.17) is 11.6 Å². The summed E-state index contributed by atoms with van der Waals surface area (Å²) >= 11 is 5.90. The molecule has 0 aliphatic heterocycles. The number of nitrogens with zero attached hydrogens (tertiary/aromatic N) is 2. The van der Waals surface area contributed by atoms with Crippen LogP contribution in [0.1, 0.15) is 18.5 Å². The van der Waals surface area contributed by atoms with Gasteiger partial charge in [0, 0.05) is 6.54 Å². The largest absolute Gasteiger partial charge is 0.315 e. The van der Waals surface area contributed by atoms with Crippen LogP contribution in [0, 0.1) is 12.8 Å². The van der Waals surface area contributed by atoms with E-state index in [9.17, 15) is 0 Å². The van der Waals surface area contributed by atoms with Gasteiger partial charge in [-0.15, -0.1) is 0 Å². The van der Waals surface area contributed by atoms with E-state index in [-0.39, 0.29) is 0 Å². The van der Waals surface area contributed by atoms with Gasteiger partial charge in [-0.3, -0.25) is 4.68 Å². The molecule has 1 aliphatic rings. The SMILES string of the molecule is Cc1c(Cl)cnn1CCNCC1CC1. The molecule has 4 heteroatoms. The summed E-state index contributed by atoms with van der Waals surface area (Å²) in [7, 11) is 0. The number of nitrogens with one attached hydrogen (secondary N) is 1. The van der Waals surface area contributed by atoms with Crippen molar-refractivity contribution in [2.24, 2.45) is 5.92 Å². The van der Waals surface area contributed by atoms with Gasteiger partial charge in [-0.1, -0.05) is 11.6 Å². The minimum atomic E-state index is 0.757. The minimum Gasteiger partial charge on any atom is -0.315 e. The normalized spacial score (nSPS) is 16.1. The average molecular weight is 214 g/mol. The van der Waals surface area contributed by atoms with Gasteiger partial charge in [-0.05, 0) is 32.2 Å². The zero-order chi connectivity index (χ0) is 9.97. The predicted octanol–water partition coefficient (Wildman–Crippen LogP) is 1.84. The number of aromatic nitrogens is 2. The topological polar surface area (TPSA) is 29.9 Å². The molecule has 0 bridgehead atoms. The maximum absolute atomic E-state index is 5.90. The third-order valence-corrected chi connectivity index (χ3v) is 3.04. The van der Waals surface area contributed by atoms with E-state index in [1.54, 1.807) is 6.20 Å². The van der Waals surface area contributed by atoms with Crippen molar-refractivity contribution in [1.29, 1.82) is 0 Å². The zero-order valence-corrected chi connectivity index (χ0v) is 9.22. The van der Waals surface area contributed by atoms with Gasteiger partial charge in [0.25, 0.3) is 0 Å². The number of hydrogen-bond donors (Lipinski definition) is 1. The third kappa shape index (κ3) is 2.49. The summed E-state index contributed by atoms with van der Waals surface area (Å²) in [4.78, 5) is 0. The number of rotatable bonds is 5. The Balaban J connectivity index is 1.71. The minimum absolute atomic E-state index is 0.757. The molecule has 1 N–H and O–H groups in total. The van der Waals surface area contributed by atoms with Crippen LogP contribution in [-0.2, 0) is 6.54 Å². The summed E-state index contributed by atoms with van der Waals surface area (Å²) in [6.45, 7) is 5.05. The molecule has 0 atom stereocenters. The van der Waals surface area contributed by atoms with E-state index >= 15 is 0 Å². The molecule has 0 unspecified atom stereocenters. The van der Waals surface area contributed by atoms with Crippen LogP contribution in [0.25, 0.3) is 0 Å². The summed E-state index contributed by atoms with van der Waals surface area (Å²) in [5.74, 6) is 0.942. The summed E-state index contributed by atoms with van der Waals surface area (Å²) in [6.07, 6.45) is 4.51. The first kappa shape index (κ1) is 9.99. The van der Waals surface area contributed by atoms with E-state index < -0.39 is 0 Å². The molecule has 1 fully saturated rings. The Kier molecular flexibility index (Phi) is 3.08. The predicted molar refractivity (Wildman–Crippen MR) is 57.6 cm³/mol. The van der Waals surface area contributed by atoms with Crippen LogP contribution >= 0.6 is 11.6 Å². The lowest BCUT2D eigenvalue weighted by molar-refractivity contribution is 0.534. The standard InChI is InChI=1S/C10H16ClN3/c1-8-10(11)7-13-14(8)5-4-12-6-9-2-3-9/h7,9,12H,2-6H2,1H3. The molecule has 3 nitrogen and oxygen atoms in total. The fourth-order valence-electron chi connectivity index (χ4n) is 1.46. The van der Waals surface area contributed by atoms with Crippen LogP contribution in [-0.4, -0.2) is 22.9 Å². The summed E-state index contributed by atoms with van der Waals surface area (Å²) < 4.78 is 1.95. The van der Waals surface area contributed by atoms with Gasteiger partial charge < -0.3 is 5.32 Å². The summed E-state index contributed by atoms with van der Waals surface area (Å²) in [5, 5.41) is 8.38. The molecule has 0 radical (unpaired) electrons. The van der Waals surface area contributed by atoms with Gasteiger partial charge in [0.1, 0.15) is 0 Å². The van der Waals surface area contributed by atoms with E-state index in [0.29, 0.717) is 0 Å². The van der Waals surface area contributed by atoms with Gasteiger partial charge in [0.05, 0.1) is 23.5 Å². The Morgan fingerprint density at radius 2 is 2.43 bits per heavy atom. The molecule has 2 rings (SSSR count). The van der Waals surface area contributed by atoms with E-state index in [2.05, 4.69) is 10.4 Å². The van der Waals surface area contributed by atoms with Crippen molar-refractivity contribution in [3.05, 3.63) is 16.9 Å². The zero-order valence-electron chi connectivity index (χ0n) is 8.46. The highest BCUT2D eigenvalue weighted by Gasteiger charge is 2.19. The first-order chi connectivity index (χ1) is 6.77. The van der Waals surface area contributed by atoms with Crippen LogP contribution in [0.15, 0.2) is 6.20 Å². The van der Waals surface area contributed by atoms with Gasteiger partial charge in [0.15, 0.2) is 0 Å². The molecule has 1 heterocycles. The molecule has 0 spiro atoms. The van der Waals surface area contributed by atoms with Crippen LogP contribution < -0.4 is 5.32 Å². The highest BCUT2D eigenvalue weighted by Crippen LogP contribution is 2.27. The summed E-state index contributed by atoms with van der Waals surface area (Å²) in [5.41, 5.74) is 1.06. The maximum Gasteiger partial charge on any atom is 0.0814 e. The first-order valence-corrected chi connectivity index (χ1v) is 5.54. The van der Waals surface area contributed by atoms with E-state index in [1.165, 1.54) is 12.8 Å². The quantitative estimate of drug-likeness (QED) is 0.757. The Labute approximate surface area is 89.4 Å². The van der Waals surface area contributed by atoms with Crippen molar-refractivity contribution in [1.82, 2.24) is 15.1 Å². The fraction of sp³-hybridized carbons (Fsp3) is 0.700.